The molecule has 1 fully saturated rings. The molecular weight excluding hydrogens is 288 g/mol. The lowest BCUT2D eigenvalue weighted by Gasteiger charge is -2.35. The highest BCUT2D eigenvalue weighted by atomic mass is 32.2. The molecule has 0 saturated carbocycles. The van der Waals surface area contributed by atoms with E-state index in [1.165, 1.54) is 0 Å². The van der Waals surface area contributed by atoms with Crippen LogP contribution in [0.3, 0.4) is 0 Å². The van der Waals surface area contributed by atoms with Gasteiger partial charge in [0.05, 0.1) is 30.3 Å². The predicted molar refractivity (Wildman–Crippen MR) is 69.6 cm³/mol. The second-order valence-corrected chi connectivity index (χ2v) is 7.00. The Labute approximate surface area is 118 Å². The van der Waals surface area contributed by atoms with Gasteiger partial charge in [0, 0.05) is 0 Å². The average Bonchev–Trinajstić information content (AvgIpc) is 2.34. The van der Waals surface area contributed by atoms with Crippen molar-refractivity contribution in [1.29, 1.82) is 0 Å². The molecule has 0 unspecified atom stereocenters. The Morgan fingerprint density at radius 3 is 1.85 bits per heavy atom. The van der Waals surface area contributed by atoms with E-state index in [1.54, 1.807) is 13.8 Å². The van der Waals surface area contributed by atoms with E-state index in [0.29, 0.717) is 0 Å². The lowest BCUT2D eigenvalue weighted by molar-refractivity contribution is -0.175. The third-order valence-electron chi connectivity index (χ3n) is 3.27. The van der Waals surface area contributed by atoms with E-state index in [2.05, 4.69) is 0 Å². The van der Waals surface area contributed by atoms with Gasteiger partial charge in [-0.3, -0.25) is 9.59 Å². The Balaban J connectivity index is 2.97. The van der Waals surface area contributed by atoms with Crippen molar-refractivity contribution in [3.63, 3.8) is 0 Å². The Morgan fingerprint density at radius 2 is 1.50 bits per heavy atom. The standard InChI is InChI=1S/C12H20O7S/c1-3-18-10(13)9(11(14)19-4-2)12(15)5-7-20(16,17)8-6-12/h9,15H,3-8H2,1-2H3. The summed E-state index contributed by atoms with van der Waals surface area (Å²) in [6.07, 6.45) is -0.366. The highest BCUT2D eigenvalue weighted by Crippen LogP contribution is 2.33. The van der Waals surface area contributed by atoms with E-state index in [-0.39, 0.29) is 37.6 Å². The summed E-state index contributed by atoms with van der Waals surface area (Å²) >= 11 is 0. The zero-order valence-electron chi connectivity index (χ0n) is 11.6. The summed E-state index contributed by atoms with van der Waals surface area (Å²) in [5.41, 5.74) is -1.73. The Hall–Kier alpha value is -1.15. The summed E-state index contributed by atoms with van der Waals surface area (Å²) in [5, 5.41) is 10.5. The molecule has 1 aliphatic rings. The normalized spacial score (nSPS) is 20.4. The van der Waals surface area contributed by atoms with Gasteiger partial charge in [-0.05, 0) is 26.7 Å². The molecule has 1 saturated heterocycles. The van der Waals surface area contributed by atoms with Crippen molar-refractivity contribution in [2.45, 2.75) is 32.3 Å². The maximum absolute atomic E-state index is 11.9. The molecule has 0 aromatic rings. The molecule has 7 nitrogen and oxygen atoms in total. The van der Waals surface area contributed by atoms with Crippen molar-refractivity contribution in [3.05, 3.63) is 0 Å². The molecule has 1 heterocycles. The van der Waals surface area contributed by atoms with Crippen molar-refractivity contribution in [2.24, 2.45) is 5.92 Å². The summed E-state index contributed by atoms with van der Waals surface area (Å²) < 4.78 is 32.4. The first kappa shape index (κ1) is 16.9. The summed E-state index contributed by atoms with van der Waals surface area (Å²) in [6, 6.07) is 0. The van der Waals surface area contributed by atoms with Crippen molar-refractivity contribution in [2.75, 3.05) is 24.7 Å². The molecular formula is C12H20O7S. The molecule has 0 amide bonds. The van der Waals surface area contributed by atoms with Gasteiger partial charge in [-0.25, -0.2) is 8.42 Å². The van der Waals surface area contributed by atoms with Crippen molar-refractivity contribution in [1.82, 2.24) is 0 Å². The maximum Gasteiger partial charge on any atom is 0.323 e. The van der Waals surface area contributed by atoms with E-state index in [4.69, 9.17) is 9.47 Å². The molecule has 1 rings (SSSR count). The molecule has 0 bridgehead atoms. The first-order valence-corrected chi connectivity index (χ1v) is 8.34. The molecule has 0 aromatic carbocycles. The molecule has 0 radical (unpaired) electrons. The molecule has 1 aliphatic heterocycles. The van der Waals surface area contributed by atoms with E-state index in [0.717, 1.165) is 0 Å². The minimum Gasteiger partial charge on any atom is -0.465 e. The van der Waals surface area contributed by atoms with Crippen LogP contribution in [0.15, 0.2) is 0 Å². The highest BCUT2D eigenvalue weighted by molar-refractivity contribution is 7.91. The number of hydrogen-bond donors (Lipinski definition) is 1. The zero-order valence-corrected chi connectivity index (χ0v) is 12.4. The van der Waals surface area contributed by atoms with Crippen molar-refractivity contribution in [3.8, 4) is 0 Å². The summed E-state index contributed by atoms with van der Waals surface area (Å²) in [5.74, 6) is -3.80. The van der Waals surface area contributed by atoms with Crippen molar-refractivity contribution >= 4 is 21.8 Å². The van der Waals surface area contributed by atoms with Gasteiger partial charge in [0.15, 0.2) is 15.8 Å². The van der Waals surface area contributed by atoms with E-state index in [1.807, 2.05) is 0 Å². The lowest BCUT2D eigenvalue weighted by atomic mass is 9.82. The largest absolute Gasteiger partial charge is 0.465 e. The van der Waals surface area contributed by atoms with Gasteiger partial charge in [0.1, 0.15) is 0 Å². The molecule has 20 heavy (non-hydrogen) atoms. The highest BCUT2D eigenvalue weighted by Gasteiger charge is 2.50. The minimum absolute atomic E-state index is 0.0586. The van der Waals surface area contributed by atoms with Gasteiger partial charge in [-0.15, -0.1) is 0 Å². The first-order chi connectivity index (χ1) is 9.25. The van der Waals surface area contributed by atoms with Crippen LogP contribution in [0.5, 0.6) is 0 Å². The molecule has 0 aliphatic carbocycles. The van der Waals surface area contributed by atoms with E-state index in [9.17, 15) is 23.1 Å². The molecule has 0 atom stereocenters. The maximum atomic E-state index is 11.9. The number of carbonyl (C=O) groups is 2. The van der Waals surface area contributed by atoms with Gasteiger partial charge in [0.25, 0.3) is 0 Å². The number of esters is 2. The molecule has 8 heteroatoms. The van der Waals surface area contributed by atoms with Gasteiger partial charge >= 0.3 is 11.9 Å². The molecule has 0 aromatic heterocycles. The number of rotatable bonds is 5. The molecule has 1 N–H and O–H groups in total. The van der Waals surface area contributed by atoms with Crippen LogP contribution in [0, 0.1) is 5.92 Å². The van der Waals surface area contributed by atoms with Crippen molar-refractivity contribution < 1.29 is 32.6 Å². The third-order valence-corrected chi connectivity index (χ3v) is 4.93. The third kappa shape index (κ3) is 3.92. The lowest BCUT2D eigenvalue weighted by Crippen LogP contribution is -2.52. The molecule has 116 valence electrons. The van der Waals surface area contributed by atoms with Crippen LogP contribution in [0.4, 0.5) is 0 Å². The van der Waals surface area contributed by atoms with E-state index < -0.39 is 33.3 Å². The van der Waals surface area contributed by atoms with Crippen LogP contribution in [-0.4, -0.2) is 55.8 Å². The van der Waals surface area contributed by atoms with E-state index >= 15 is 0 Å². The van der Waals surface area contributed by atoms with Gasteiger partial charge < -0.3 is 14.6 Å². The number of aliphatic hydroxyl groups is 1. The smallest absolute Gasteiger partial charge is 0.323 e. The Bertz CT molecular complexity index is 436. The summed E-state index contributed by atoms with van der Waals surface area (Å²) in [6.45, 7) is 3.28. The average molecular weight is 308 g/mol. The quantitative estimate of drug-likeness (QED) is 0.547. The molecule has 0 spiro atoms. The van der Waals surface area contributed by atoms with Crippen LogP contribution < -0.4 is 0 Å². The fourth-order valence-electron chi connectivity index (χ4n) is 2.17. The Kier molecular flexibility index (Phi) is 5.52. The van der Waals surface area contributed by atoms with Crippen LogP contribution in [0.2, 0.25) is 0 Å². The minimum atomic E-state index is -3.23. The van der Waals surface area contributed by atoms with Gasteiger partial charge in [0.2, 0.25) is 0 Å². The van der Waals surface area contributed by atoms with Gasteiger partial charge in [-0.1, -0.05) is 0 Å². The first-order valence-electron chi connectivity index (χ1n) is 6.52. The second-order valence-electron chi connectivity index (χ2n) is 4.69. The van der Waals surface area contributed by atoms with Crippen LogP contribution in [0.1, 0.15) is 26.7 Å². The summed E-state index contributed by atoms with van der Waals surface area (Å²) in [4.78, 5) is 23.8. The number of hydrogen-bond acceptors (Lipinski definition) is 7. The fourth-order valence-corrected chi connectivity index (χ4v) is 3.70. The number of ether oxygens (including phenoxy) is 2. The SMILES string of the molecule is CCOC(=O)C(C(=O)OCC)C1(O)CCS(=O)(=O)CC1. The second kappa shape index (κ2) is 6.53. The zero-order chi connectivity index (χ0) is 15.4. The monoisotopic (exact) mass is 308 g/mol. The van der Waals surface area contributed by atoms with Crippen LogP contribution in [0.25, 0.3) is 0 Å². The van der Waals surface area contributed by atoms with Gasteiger partial charge in [-0.2, -0.15) is 0 Å². The summed E-state index contributed by atoms with van der Waals surface area (Å²) in [7, 11) is -3.23. The number of carbonyl (C=O) groups excluding carboxylic acids is 2. The fraction of sp³-hybridized carbons (Fsp3) is 0.833. The van der Waals surface area contributed by atoms with Crippen LogP contribution >= 0.6 is 0 Å². The predicted octanol–water partition coefficient (Wildman–Crippen LogP) is -0.331. The number of sulfone groups is 1. The topological polar surface area (TPSA) is 107 Å². The van der Waals surface area contributed by atoms with Crippen LogP contribution in [-0.2, 0) is 28.9 Å². The Morgan fingerprint density at radius 1 is 1.10 bits per heavy atom.